The maximum absolute atomic E-state index is 12.6. The summed E-state index contributed by atoms with van der Waals surface area (Å²) in [6.07, 6.45) is -4.41. The van der Waals surface area contributed by atoms with Crippen molar-refractivity contribution in [1.82, 2.24) is 14.8 Å². The Kier molecular flexibility index (Phi) is 7.44. The van der Waals surface area contributed by atoms with Gasteiger partial charge in [0.15, 0.2) is 11.0 Å². The van der Waals surface area contributed by atoms with Crippen molar-refractivity contribution in [3.63, 3.8) is 0 Å². The fraction of sp³-hybridized carbons (Fsp3) is 0.318. The number of amides is 1. The first-order valence-corrected chi connectivity index (χ1v) is 11.1. The lowest BCUT2D eigenvalue weighted by molar-refractivity contribution is -0.137. The summed E-state index contributed by atoms with van der Waals surface area (Å²) in [6.45, 7) is 6.07. The highest BCUT2D eigenvalue weighted by atomic mass is 32.2. The number of rotatable bonds is 8. The second kappa shape index (κ2) is 10.1. The zero-order chi connectivity index (χ0) is 23.3. The van der Waals surface area contributed by atoms with Gasteiger partial charge in [0.2, 0.25) is 5.91 Å². The highest BCUT2D eigenvalue weighted by molar-refractivity contribution is 7.99. The summed E-state index contributed by atoms with van der Waals surface area (Å²) in [6, 6.07) is 12.4. The first-order valence-electron chi connectivity index (χ1n) is 10.1. The molecule has 1 aromatic heterocycles. The number of nitrogens with one attached hydrogen (secondary N) is 1. The Morgan fingerprint density at radius 2 is 1.66 bits per heavy atom. The Morgan fingerprint density at radius 3 is 2.22 bits per heavy atom. The molecule has 1 heterocycles. The first-order chi connectivity index (χ1) is 15.2. The van der Waals surface area contributed by atoms with Crippen LogP contribution in [-0.4, -0.2) is 39.5 Å². The summed E-state index contributed by atoms with van der Waals surface area (Å²) in [5.74, 6) is 0.387. The molecule has 0 atom stereocenters. The first kappa shape index (κ1) is 23.6. The predicted octanol–water partition coefficient (Wildman–Crippen LogP) is 5.08. The third kappa shape index (κ3) is 5.61. The summed E-state index contributed by atoms with van der Waals surface area (Å²) in [5.41, 5.74) is 1.59. The molecule has 0 aliphatic carbocycles. The quantitative estimate of drug-likeness (QED) is 0.472. The largest absolute Gasteiger partial charge is 0.416 e. The molecular formula is C22H24F3N5OS. The number of aromatic nitrogens is 3. The zero-order valence-corrected chi connectivity index (χ0v) is 18.8. The fourth-order valence-electron chi connectivity index (χ4n) is 3.17. The van der Waals surface area contributed by atoms with E-state index in [9.17, 15) is 18.0 Å². The molecule has 32 heavy (non-hydrogen) atoms. The van der Waals surface area contributed by atoms with Crippen molar-refractivity contribution in [1.29, 1.82) is 0 Å². The van der Waals surface area contributed by atoms with Gasteiger partial charge < -0.3 is 14.8 Å². The second-order valence-corrected chi connectivity index (χ2v) is 7.94. The summed E-state index contributed by atoms with van der Waals surface area (Å²) in [7, 11) is 1.82. The van der Waals surface area contributed by atoms with Crippen LogP contribution < -0.4 is 10.2 Å². The molecular weight excluding hydrogens is 439 g/mol. The van der Waals surface area contributed by atoms with E-state index in [1.807, 2.05) is 35.9 Å². The van der Waals surface area contributed by atoms with Crippen LogP contribution in [0.2, 0.25) is 0 Å². The van der Waals surface area contributed by atoms with E-state index >= 15 is 0 Å². The van der Waals surface area contributed by atoms with Gasteiger partial charge in [-0.15, -0.1) is 10.2 Å². The van der Waals surface area contributed by atoms with Gasteiger partial charge in [-0.25, -0.2) is 0 Å². The lowest BCUT2D eigenvalue weighted by Crippen LogP contribution is -2.21. The predicted molar refractivity (Wildman–Crippen MR) is 121 cm³/mol. The number of alkyl halides is 3. The third-order valence-electron chi connectivity index (χ3n) is 4.92. The Morgan fingerprint density at radius 1 is 1.03 bits per heavy atom. The minimum absolute atomic E-state index is 0.0495. The van der Waals surface area contributed by atoms with E-state index in [1.54, 1.807) is 0 Å². The molecule has 1 amide bonds. The van der Waals surface area contributed by atoms with Crippen molar-refractivity contribution < 1.29 is 18.0 Å². The van der Waals surface area contributed by atoms with E-state index in [0.29, 0.717) is 16.7 Å². The Balaban J connectivity index is 1.60. The molecule has 0 fully saturated rings. The van der Waals surface area contributed by atoms with Crippen molar-refractivity contribution >= 4 is 29.0 Å². The maximum Gasteiger partial charge on any atom is 0.416 e. The molecule has 6 nitrogen and oxygen atoms in total. The van der Waals surface area contributed by atoms with Gasteiger partial charge in [0, 0.05) is 37.1 Å². The summed E-state index contributed by atoms with van der Waals surface area (Å²) in [4.78, 5) is 14.4. The maximum atomic E-state index is 12.6. The number of nitrogens with zero attached hydrogens (tertiary/aromatic N) is 4. The Labute approximate surface area is 188 Å². The number of benzene rings is 2. The number of halogens is 3. The summed E-state index contributed by atoms with van der Waals surface area (Å²) >= 11 is 1.20. The van der Waals surface area contributed by atoms with Crippen LogP contribution >= 0.6 is 11.8 Å². The summed E-state index contributed by atoms with van der Waals surface area (Å²) < 4.78 is 39.7. The van der Waals surface area contributed by atoms with Gasteiger partial charge in [-0.2, -0.15) is 13.2 Å². The minimum atomic E-state index is -4.41. The van der Waals surface area contributed by atoms with E-state index in [0.717, 1.165) is 36.5 Å². The van der Waals surface area contributed by atoms with Crippen LogP contribution in [0.5, 0.6) is 0 Å². The molecule has 0 bridgehead atoms. The highest BCUT2D eigenvalue weighted by Crippen LogP contribution is 2.30. The molecule has 10 heteroatoms. The van der Waals surface area contributed by atoms with Crippen LogP contribution in [0.4, 0.5) is 24.5 Å². The van der Waals surface area contributed by atoms with Crippen LogP contribution in [-0.2, 0) is 18.0 Å². The van der Waals surface area contributed by atoms with Crippen LogP contribution in [0.25, 0.3) is 11.4 Å². The van der Waals surface area contributed by atoms with E-state index in [4.69, 9.17) is 0 Å². The normalized spacial score (nSPS) is 11.4. The molecule has 0 radical (unpaired) electrons. The lowest BCUT2D eigenvalue weighted by Gasteiger charge is -2.21. The topological polar surface area (TPSA) is 63.1 Å². The van der Waals surface area contributed by atoms with Crippen LogP contribution in [0.3, 0.4) is 0 Å². The van der Waals surface area contributed by atoms with Gasteiger partial charge in [-0.05, 0) is 62.4 Å². The molecule has 0 aliphatic heterocycles. The molecule has 2 aromatic carbocycles. The van der Waals surface area contributed by atoms with Crippen molar-refractivity contribution in [3.05, 3.63) is 54.1 Å². The standard InChI is InChI=1S/C22H24F3N5OS/c1-4-30(5-2)18-12-6-15(7-13-18)20-27-28-21(29(20)3)32-14-19(31)26-17-10-8-16(9-11-17)22(23,24)25/h6-13H,4-5,14H2,1-3H3,(H,26,31). The number of carbonyl (C=O) groups excluding carboxylic acids is 1. The molecule has 0 spiro atoms. The lowest BCUT2D eigenvalue weighted by atomic mass is 10.2. The number of hydrogen-bond donors (Lipinski definition) is 1. The van der Waals surface area contributed by atoms with E-state index in [2.05, 4.69) is 34.3 Å². The SMILES string of the molecule is CCN(CC)c1ccc(-c2nnc(SCC(=O)Nc3ccc(C(F)(F)F)cc3)n2C)cc1. The number of hydrogen-bond acceptors (Lipinski definition) is 5. The third-order valence-corrected chi connectivity index (χ3v) is 5.94. The van der Waals surface area contributed by atoms with Gasteiger partial charge in [0.05, 0.1) is 11.3 Å². The van der Waals surface area contributed by atoms with Gasteiger partial charge in [0.25, 0.3) is 0 Å². The molecule has 0 saturated carbocycles. The highest BCUT2D eigenvalue weighted by Gasteiger charge is 2.30. The smallest absolute Gasteiger partial charge is 0.372 e. The van der Waals surface area contributed by atoms with Crippen molar-refractivity contribution in [2.45, 2.75) is 25.2 Å². The summed E-state index contributed by atoms with van der Waals surface area (Å²) in [5, 5.41) is 11.5. The Hall–Kier alpha value is -3.01. The van der Waals surface area contributed by atoms with Crippen molar-refractivity contribution in [2.75, 3.05) is 29.1 Å². The van der Waals surface area contributed by atoms with E-state index in [1.165, 1.54) is 23.9 Å². The van der Waals surface area contributed by atoms with Crippen molar-refractivity contribution in [3.8, 4) is 11.4 Å². The Bertz CT molecular complexity index is 1040. The molecule has 0 unspecified atom stereocenters. The average molecular weight is 464 g/mol. The van der Waals surface area contributed by atoms with Gasteiger partial charge in [0.1, 0.15) is 0 Å². The fourth-order valence-corrected chi connectivity index (χ4v) is 3.88. The molecule has 1 N–H and O–H groups in total. The van der Waals surface area contributed by atoms with Crippen LogP contribution in [0.15, 0.2) is 53.7 Å². The number of anilines is 2. The van der Waals surface area contributed by atoms with Crippen LogP contribution in [0, 0.1) is 0 Å². The monoisotopic (exact) mass is 463 g/mol. The second-order valence-electron chi connectivity index (χ2n) is 7.00. The molecule has 0 aliphatic rings. The number of carbonyl (C=O) groups is 1. The van der Waals surface area contributed by atoms with E-state index in [-0.39, 0.29) is 11.7 Å². The van der Waals surface area contributed by atoms with Gasteiger partial charge >= 0.3 is 6.18 Å². The molecule has 0 saturated heterocycles. The van der Waals surface area contributed by atoms with Crippen molar-refractivity contribution in [2.24, 2.45) is 7.05 Å². The minimum Gasteiger partial charge on any atom is -0.372 e. The van der Waals surface area contributed by atoms with E-state index < -0.39 is 11.7 Å². The molecule has 3 aromatic rings. The van der Waals surface area contributed by atoms with Gasteiger partial charge in [-0.1, -0.05) is 11.8 Å². The average Bonchev–Trinajstić information content (AvgIpc) is 3.14. The van der Waals surface area contributed by atoms with Crippen LogP contribution in [0.1, 0.15) is 19.4 Å². The molecule has 170 valence electrons. The molecule has 3 rings (SSSR count). The van der Waals surface area contributed by atoms with Gasteiger partial charge in [-0.3, -0.25) is 4.79 Å². The number of thioether (sulfide) groups is 1. The zero-order valence-electron chi connectivity index (χ0n) is 18.0.